The molecule has 5 rings (SSSR count). The number of hydrogen-bond acceptors (Lipinski definition) is 5. The van der Waals surface area contributed by atoms with Crippen LogP contribution in [0.4, 0.5) is 0 Å². The Morgan fingerprint density at radius 2 is 1.24 bits per heavy atom. The van der Waals surface area contributed by atoms with Crippen LogP contribution in [-0.4, -0.2) is 12.6 Å². The van der Waals surface area contributed by atoms with E-state index in [0.717, 1.165) is 33.6 Å². The summed E-state index contributed by atoms with van der Waals surface area (Å²) in [5.41, 5.74) is 5.21. The van der Waals surface area contributed by atoms with Crippen molar-refractivity contribution >= 4 is 5.97 Å². The van der Waals surface area contributed by atoms with Crippen LogP contribution >= 0.6 is 0 Å². The fraction of sp³-hybridized carbons (Fsp3) is 0.121. The van der Waals surface area contributed by atoms with Gasteiger partial charge in [-0.15, -0.1) is 0 Å². The minimum absolute atomic E-state index is 0.151. The maximum absolute atomic E-state index is 12.8. The molecule has 0 aliphatic carbocycles. The van der Waals surface area contributed by atoms with E-state index in [9.17, 15) is 4.79 Å². The average Bonchev–Trinajstić information content (AvgIpc) is 3.42. The first-order valence-electron chi connectivity index (χ1n) is 12.5. The number of rotatable bonds is 10. The molecule has 0 radical (unpaired) electrons. The lowest BCUT2D eigenvalue weighted by atomic mass is 9.96. The van der Waals surface area contributed by atoms with Crippen LogP contribution < -0.4 is 9.47 Å². The lowest BCUT2D eigenvalue weighted by Crippen LogP contribution is -2.05. The van der Waals surface area contributed by atoms with Crippen molar-refractivity contribution in [2.75, 3.05) is 6.61 Å². The molecule has 0 fully saturated rings. The first-order chi connectivity index (χ1) is 18.7. The Bertz CT molecular complexity index is 1490. The third kappa shape index (κ3) is 5.95. The van der Waals surface area contributed by atoms with Crippen LogP contribution in [0.3, 0.4) is 0 Å². The molecule has 190 valence electrons. The van der Waals surface area contributed by atoms with E-state index in [1.54, 1.807) is 13.2 Å². The van der Waals surface area contributed by atoms with Gasteiger partial charge in [-0.25, -0.2) is 4.79 Å². The van der Waals surface area contributed by atoms with E-state index in [4.69, 9.17) is 18.6 Å². The fourth-order valence-corrected chi connectivity index (χ4v) is 4.18. The average molecular weight is 505 g/mol. The van der Waals surface area contributed by atoms with Crippen molar-refractivity contribution in [3.63, 3.8) is 0 Å². The predicted octanol–water partition coefficient (Wildman–Crippen LogP) is 7.95. The van der Waals surface area contributed by atoms with E-state index in [1.165, 1.54) is 0 Å². The topological polar surface area (TPSA) is 57.9 Å². The van der Waals surface area contributed by atoms with Gasteiger partial charge in [0.15, 0.2) is 0 Å². The Kier molecular flexibility index (Phi) is 7.85. The zero-order valence-electron chi connectivity index (χ0n) is 21.1. The van der Waals surface area contributed by atoms with Gasteiger partial charge < -0.3 is 18.6 Å². The van der Waals surface area contributed by atoms with Crippen molar-refractivity contribution in [2.24, 2.45) is 0 Å². The Balaban J connectivity index is 1.46. The van der Waals surface area contributed by atoms with Crippen molar-refractivity contribution in [3.05, 3.63) is 132 Å². The summed E-state index contributed by atoms with van der Waals surface area (Å²) < 4.78 is 23.2. The molecular formula is C33H28O5. The predicted molar refractivity (Wildman–Crippen MR) is 147 cm³/mol. The minimum Gasteiger partial charge on any atom is -0.489 e. The molecule has 0 saturated heterocycles. The summed E-state index contributed by atoms with van der Waals surface area (Å²) in [5.74, 6) is 1.04. The van der Waals surface area contributed by atoms with E-state index in [2.05, 4.69) is 0 Å². The first kappa shape index (κ1) is 24.9. The van der Waals surface area contributed by atoms with E-state index in [-0.39, 0.29) is 12.4 Å². The standard InChI is InChI=1S/C33H28O5/c1-2-35-33(34)32-31(27-16-10-18-29(20-27)37-22-25-13-7-4-8-14-25)30(23-38-32)26-15-9-17-28(19-26)36-21-24-11-5-3-6-12-24/h3-20,23H,2,21-22H2,1H3. The molecule has 0 atom stereocenters. The second kappa shape index (κ2) is 12.0. The molecule has 5 heteroatoms. The molecule has 0 saturated carbocycles. The highest BCUT2D eigenvalue weighted by Crippen LogP contribution is 2.39. The van der Waals surface area contributed by atoms with Gasteiger partial charge in [0.05, 0.1) is 6.61 Å². The monoisotopic (exact) mass is 504 g/mol. The van der Waals surface area contributed by atoms with Gasteiger partial charge in [0.1, 0.15) is 31.0 Å². The van der Waals surface area contributed by atoms with Crippen molar-refractivity contribution < 1.29 is 23.4 Å². The molecule has 0 bridgehead atoms. The molecule has 0 amide bonds. The second-order valence-corrected chi connectivity index (χ2v) is 8.68. The third-order valence-electron chi connectivity index (χ3n) is 6.02. The molecule has 0 aliphatic rings. The highest BCUT2D eigenvalue weighted by atomic mass is 16.5. The Morgan fingerprint density at radius 3 is 1.82 bits per heavy atom. The van der Waals surface area contributed by atoms with Gasteiger partial charge in [-0.05, 0) is 53.4 Å². The lowest BCUT2D eigenvalue weighted by molar-refractivity contribution is 0.0491. The van der Waals surface area contributed by atoms with Crippen LogP contribution in [0.25, 0.3) is 22.3 Å². The smallest absolute Gasteiger partial charge is 0.374 e. The largest absolute Gasteiger partial charge is 0.489 e. The number of benzene rings is 4. The molecule has 4 aromatic carbocycles. The Labute approximate surface area is 222 Å². The number of furan rings is 1. The summed E-state index contributed by atoms with van der Waals surface area (Å²) >= 11 is 0. The molecule has 5 nitrogen and oxygen atoms in total. The van der Waals surface area contributed by atoms with Gasteiger partial charge >= 0.3 is 5.97 Å². The van der Waals surface area contributed by atoms with Gasteiger partial charge in [-0.2, -0.15) is 0 Å². The van der Waals surface area contributed by atoms with Crippen LogP contribution in [0.15, 0.2) is 120 Å². The molecule has 1 heterocycles. The number of hydrogen-bond donors (Lipinski definition) is 0. The van der Waals surface area contributed by atoms with Crippen LogP contribution in [0.2, 0.25) is 0 Å². The summed E-state index contributed by atoms with van der Waals surface area (Å²) in [4.78, 5) is 12.8. The summed E-state index contributed by atoms with van der Waals surface area (Å²) in [5, 5.41) is 0. The quantitative estimate of drug-likeness (QED) is 0.181. The molecule has 38 heavy (non-hydrogen) atoms. The Hall–Kier alpha value is -4.77. The van der Waals surface area contributed by atoms with E-state index in [1.807, 2.05) is 109 Å². The summed E-state index contributed by atoms with van der Waals surface area (Å²) in [7, 11) is 0. The summed E-state index contributed by atoms with van der Waals surface area (Å²) in [6.45, 7) is 2.91. The van der Waals surface area contributed by atoms with Gasteiger partial charge in [-0.3, -0.25) is 0 Å². The van der Waals surface area contributed by atoms with Crippen LogP contribution in [-0.2, 0) is 18.0 Å². The van der Waals surface area contributed by atoms with Gasteiger partial charge in [-0.1, -0.05) is 84.9 Å². The fourth-order valence-electron chi connectivity index (χ4n) is 4.18. The molecule has 0 N–H and O–H groups in total. The third-order valence-corrected chi connectivity index (χ3v) is 6.02. The zero-order valence-corrected chi connectivity index (χ0v) is 21.1. The van der Waals surface area contributed by atoms with Crippen LogP contribution in [0.1, 0.15) is 28.6 Å². The van der Waals surface area contributed by atoms with Crippen molar-refractivity contribution in [1.29, 1.82) is 0 Å². The molecule has 0 aliphatic heterocycles. The maximum Gasteiger partial charge on any atom is 0.374 e. The maximum atomic E-state index is 12.8. The molecule has 0 unspecified atom stereocenters. The minimum atomic E-state index is -0.513. The van der Waals surface area contributed by atoms with Crippen molar-refractivity contribution in [3.8, 4) is 33.8 Å². The molecule has 1 aromatic heterocycles. The number of ether oxygens (including phenoxy) is 3. The van der Waals surface area contributed by atoms with Crippen LogP contribution in [0, 0.1) is 0 Å². The van der Waals surface area contributed by atoms with Crippen LogP contribution in [0.5, 0.6) is 11.5 Å². The molecular weight excluding hydrogens is 476 g/mol. The highest BCUT2D eigenvalue weighted by Gasteiger charge is 2.24. The summed E-state index contributed by atoms with van der Waals surface area (Å²) in [6, 6.07) is 35.4. The number of carbonyl (C=O) groups is 1. The Morgan fingerprint density at radius 1 is 0.684 bits per heavy atom. The van der Waals surface area contributed by atoms with Crippen molar-refractivity contribution in [2.45, 2.75) is 20.1 Å². The van der Waals surface area contributed by atoms with E-state index < -0.39 is 5.97 Å². The second-order valence-electron chi connectivity index (χ2n) is 8.68. The SMILES string of the molecule is CCOC(=O)c1occ(-c2cccc(OCc3ccccc3)c2)c1-c1cccc(OCc2ccccc2)c1. The normalized spacial score (nSPS) is 10.7. The lowest BCUT2D eigenvalue weighted by Gasteiger charge is -2.11. The van der Waals surface area contributed by atoms with Gasteiger partial charge in [0.2, 0.25) is 5.76 Å². The van der Waals surface area contributed by atoms with E-state index in [0.29, 0.717) is 24.5 Å². The molecule has 0 spiro atoms. The number of carbonyl (C=O) groups excluding carboxylic acids is 1. The van der Waals surface area contributed by atoms with Gasteiger partial charge in [0, 0.05) is 11.1 Å². The highest BCUT2D eigenvalue weighted by molar-refractivity contribution is 6.00. The first-order valence-corrected chi connectivity index (χ1v) is 12.5. The molecule has 5 aromatic rings. The number of esters is 1. The summed E-state index contributed by atoms with van der Waals surface area (Å²) in [6.07, 6.45) is 1.59. The van der Waals surface area contributed by atoms with Gasteiger partial charge in [0.25, 0.3) is 0 Å². The van der Waals surface area contributed by atoms with E-state index >= 15 is 0 Å². The van der Waals surface area contributed by atoms with Crippen molar-refractivity contribution in [1.82, 2.24) is 0 Å². The zero-order chi connectivity index (χ0) is 26.2.